The average molecular weight is 589 g/mol. The summed E-state index contributed by atoms with van der Waals surface area (Å²) >= 11 is -0.140. The normalized spacial score (nSPS) is 19.4. The van der Waals surface area contributed by atoms with Crippen LogP contribution in [-0.2, 0) is 11.0 Å². The molecule has 1 amide bonds. The predicted octanol–water partition coefficient (Wildman–Crippen LogP) is 7.08. The van der Waals surface area contributed by atoms with Crippen LogP contribution in [0.4, 0.5) is 37.7 Å². The Labute approximate surface area is 234 Å². The monoisotopic (exact) mass is 588 g/mol. The molecule has 0 spiro atoms. The molecule has 2 aliphatic heterocycles. The summed E-state index contributed by atoms with van der Waals surface area (Å²) in [5.74, 6) is 0.113. The fourth-order valence-electron chi connectivity index (χ4n) is 5.21. The van der Waals surface area contributed by atoms with Crippen molar-refractivity contribution in [2.75, 3.05) is 43.4 Å². The zero-order chi connectivity index (χ0) is 28.8. The smallest absolute Gasteiger partial charge is 0.382 e. The Morgan fingerprint density at radius 3 is 2.02 bits per heavy atom. The van der Waals surface area contributed by atoms with Gasteiger partial charge in [-0.25, -0.2) is 0 Å². The fourth-order valence-corrected chi connectivity index (χ4v) is 5.75. The van der Waals surface area contributed by atoms with Crippen molar-refractivity contribution in [3.63, 3.8) is 0 Å². The maximum atomic E-state index is 12.8. The van der Waals surface area contributed by atoms with Gasteiger partial charge in [0, 0.05) is 61.0 Å². The number of benzene rings is 2. The molecule has 40 heavy (non-hydrogen) atoms. The standard InChI is InChI=1S/C28H34F6N4OS/c29-27(30,31)20-5-7-21(8-6-20)35-23-13-17-37(18-14-23)15-2-4-26(39)38-16-1-3-24(19-38)36-22-9-11-25(12-10-22)40-28(32,33)34/h5-12,23-24,35-36H,1-4,13-19H2/t24-/m0/s1. The minimum absolute atomic E-state index is 0.0509. The number of carbonyl (C=O) groups excluding carboxylic acids is 1. The van der Waals surface area contributed by atoms with E-state index >= 15 is 0 Å². The van der Waals surface area contributed by atoms with Crippen molar-refractivity contribution in [1.29, 1.82) is 0 Å². The second-order valence-electron chi connectivity index (χ2n) is 10.3. The van der Waals surface area contributed by atoms with Gasteiger partial charge in [0.05, 0.1) is 5.56 Å². The minimum Gasteiger partial charge on any atom is -0.382 e. The number of amides is 1. The van der Waals surface area contributed by atoms with Crippen LogP contribution in [0.2, 0.25) is 0 Å². The number of nitrogens with one attached hydrogen (secondary N) is 2. The number of thioether (sulfide) groups is 1. The molecule has 0 unspecified atom stereocenters. The molecule has 2 heterocycles. The highest BCUT2D eigenvalue weighted by Gasteiger charge is 2.31. The first kappa shape index (κ1) is 30.4. The number of halogens is 6. The average Bonchev–Trinajstić information content (AvgIpc) is 2.90. The predicted molar refractivity (Wildman–Crippen MR) is 145 cm³/mol. The molecule has 12 heteroatoms. The van der Waals surface area contributed by atoms with Crippen molar-refractivity contribution in [2.45, 2.75) is 67.2 Å². The van der Waals surface area contributed by atoms with E-state index < -0.39 is 17.2 Å². The first-order valence-electron chi connectivity index (χ1n) is 13.5. The van der Waals surface area contributed by atoms with E-state index in [1.807, 2.05) is 4.90 Å². The Morgan fingerprint density at radius 2 is 1.43 bits per heavy atom. The SMILES string of the molecule is O=C(CCCN1CCC(Nc2ccc(C(F)(F)F)cc2)CC1)N1CCC[C@H](Nc2ccc(SC(F)(F)F)cc2)C1. The lowest BCUT2D eigenvalue weighted by molar-refractivity contribution is -0.137. The van der Waals surface area contributed by atoms with Gasteiger partial charge in [0.15, 0.2) is 0 Å². The number of hydrogen-bond donors (Lipinski definition) is 2. The Morgan fingerprint density at radius 1 is 0.825 bits per heavy atom. The van der Waals surface area contributed by atoms with Crippen LogP contribution < -0.4 is 10.6 Å². The third-order valence-electron chi connectivity index (χ3n) is 7.27. The van der Waals surface area contributed by atoms with Crippen LogP contribution in [0.5, 0.6) is 0 Å². The van der Waals surface area contributed by atoms with Gasteiger partial charge in [-0.05, 0) is 98.9 Å². The molecule has 2 aromatic rings. The number of carbonyl (C=O) groups is 1. The Bertz CT molecular complexity index is 1090. The van der Waals surface area contributed by atoms with Crippen molar-refractivity contribution in [2.24, 2.45) is 0 Å². The second-order valence-corrected chi connectivity index (χ2v) is 11.5. The molecule has 2 N–H and O–H groups in total. The largest absolute Gasteiger partial charge is 0.446 e. The van der Waals surface area contributed by atoms with Crippen molar-refractivity contribution in [3.8, 4) is 0 Å². The zero-order valence-electron chi connectivity index (χ0n) is 22.0. The molecule has 5 nitrogen and oxygen atoms in total. The molecule has 220 valence electrons. The second kappa shape index (κ2) is 13.4. The van der Waals surface area contributed by atoms with E-state index in [1.54, 1.807) is 12.1 Å². The molecule has 0 aromatic heterocycles. The summed E-state index contributed by atoms with van der Waals surface area (Å²) in [7, 11) is 0. The highest BCUT2D eigenvalue weighted by atomic mass is 32.2. The topological polar surface area (TPSA) is 47.6 Å². The van der Waals surface area contributed by atoms with Crippen LogP contribution in [0.3, 0.4) is 0 Å². The fraction of sp³-hybridized carbons (Fsp3) is 0.536. The summed E-state index contributed by atoms with van der Waals surface area (Å²) in [5.41, 5.74) is -3.55. The number of anilines is 2. The highest BCUT2D eigenvalue weighted by Crippen LogP contribution is 2.37. The molecular weight excluding hydrogens is 554 g/mol. The quantitative estimate of drug-likeness (QED) is 0.242. The molecule has 2 aliphatic rings. The summed E-state index contributed by atoms with van der Waals surface area (Å²) in [6.07, 6.45) is 0.384. The third kappa shape index (κ3) is 9.50. The summed E-state index contributed by atoms with van der Waals surface area (Å²) in [4.78, 5) is 17.2. The third-order valence-corrected chi connectivity index (χ3v) is 8.01. The molecule has 1 atom stereocenters. The molecular formula is C28H34F6N4OS. The number of nitrogens with zero attached hydrogens (tertiary/aromatic N) is 2. The zero-order valence-corrected chi connectivity index (χ0v) is 22.8. The van der Waals surface area contributed by atoms with Crippen LogP contribution >= 0.6 is 11.8 Å². The summed E-state index contributed by atoms with van der Waals surface area (Å²) < 4.78 is 75.8. The molecule has 0 saturated carbocycles. The lowest BCUT2D eigenvalue weighted by Crippen LogP contribution is -2.45. The van der Waals surface area contributed by atoms with Gasteiger partial charge >= 0.3 is 11.7 Å². The van der Waals surface area contributed by atoms with E-state index in [9.17, 15) is 31.1 Å². The Balaban J connectivity index is 1.13. The molecule has 0 bridgehead atoms. The van der Waals surface area contributed by atoms with Crippen molar-refractivity contribution in [1.82, 2.24) is 9.80 Å². The molecule has 2 aromatic carbocycles. The number of hydrogen-bond acceptors (Lipinski definition) is 5. The first-order chi connectivity index (χ1) is 18.9. The van der Waals surface area contributed by atoms with E-state index in [0.29, 0.717) is 25.2 Å². The van der Waals surface area contributed by atoms with Gasteiger partial charge in [0.1, 0.15) is 0 Å². The number of likely N-dealkylation sites (tertiary alicyclic amines) is 2. The minimum atomic E-state index is -4.34. The maximum Gasteiger partial charge on any atom is 0.446 e. The molecule has 4 rings (SSSR count). The van der Waals surface area contributed by atoms with Gasteiger partial charge in [-0.2, -0.15) is 26.3 Å². The molecule has 0 radical (unpaired) electrons. The van der Waals surface area contributed by atoms with E-state index in [1.165, 1.54) is 24.3 Å². The highest BCUT2D eigenvalue weighted by molar-refractivity contribution is 8.00. The lowest BCUT2D eigenvalue weighted by Gasteiger charge is -2.35. The van der Waals surface area contributed by atoms with Crippen molar-refractivity contribution >= 4 is 29.0 Å². The van der Waals surface area contributed by atoms with Crippen molar-refractivity contribution < 1.29 is 31.1 Å². The van der Waals surface area contributed by atoms with Crippen LogP contribution in [0.1, 0.15) is 44.1 Å². The number of rotatable bonds is 9. The van der Waals surface area contributed by atoms with E-state index in [4.69, 9.17) is 0 Å². The number of alkyl halides is 6. The van der Waals surface area contributed by atoms with Crippen LogP contribution in [-0.4, -0.2) is 66.0 Å². The van der Waals surface area contributed by atoms with Gasteiger partial charge < -0.3 is 20.4 Å². The molecule has 0 aliphatic carbocycles. The lowest BCUT2D eigenvalue weighted by atomic mass is 10.0. The Kier molecular flexibility index (Phi) is 10.2. The Hall–Kier alpha value is -2.60. The molecule has 2 fully saturated rings. The van der Waals surface area contributed by atoms with Crippen molar-refractivity contribution in [3.05, 3.63) is 54.1 Å². The van der Waals surface area contributed by atoms with Gasteiger partial charge in [0.25, 0.3) is 0 Å². The van der Waals surface area contributed by atoms with Crippen LogP contribution in [0.15, 0.2) is 53.4 Å². The van der Waals surface area contributed by atoms with Crippen LogP contribution in [0.25, 0.3) is 0 Å². The summed E-state index contributed by atoms with van der Waals surface area (Å²) in [6.45, 7) is 3.82. The molecule has 2 saturated heterocycles. The summed E-state index contributed by atoms with van der Waals surface area (Å²) in [6, 6.07) is 11.5. The van der Waals surface area contributed by atoms with Gasteiger partial charge in [0.2, 0.25) is 5.91 Å². The van der Waals surface area contributed by atoms with Gasteiger partial charge in [-0.15, -0.1) is 0 Å². The number of piperidine rings is 2. The van der Waals surface area contributed by atoms with Gasteiger partial charge in [-0.3, -0.25) is 4.79 Å². The van der Waals surface area contributed by atoms with E-state index in [-0.39, 0.29) is 34.6 Å². The summed E-state index contributed by atoms with van der Waals surface area (Å²) in [5, 5.41) is 6.67. The van der Waals surface area contributed by atoms with E-state index in [0.717, 1.165) is 69.6 Å². The maximum absolute atomic E-state index is 12.8. The first-order valence-corrected chi connectivity index (χ1v) is 14.3. The van der Waals surface area contributed by atoms with Crippen LogP contribution in [0, 0.1) is 0 Å². The van der Waals surface area contributed by atoms with Gasteiger partial charge in [-0.1, -0.05) is 0 Å². The van der Waals surface area contributed by atoms with E-state index in [2.05, 4.69) is 15.5 Å².